The first-order valence-electron chi connectivity index (χ1n) is 4.12. The Morgan fingerprint density at radius 2 is 0.938 bits per heavy atom. The van der Waals surface area contributed by atoms with Crippen LogP contribution in [0.1, 0.15) is 11.1 Å². The quantitative estimate of drug-likeness (QED) is 0.757. The summed E-state index contributed by atoms with van der Waals surface area (Å²) in [5, 5.41) is 18.0. The molecule has 6 heteroatoms. The molecule has 0 atom stereocenters. The fraction of sp³-hybridized carbons (Fsp3) is 0.200. The lowest BCUT2D eigenvalue weighted by molar-refractivity contribution is 1.22. The van der Waals surface area contributed by atoms with Crippen molar-refractivity contribution in [2.75, 3.05) is 0 Å². The molecule has 0 fully saturated rings. The molecule has 0 saturated carbocycles. The highest BCUT2D eigenvalue weighted by atomic mass is 35.5. The predicted molar refractivity (Wildman–Crippen MR) is 65.1 cm³/mol. The molecular weight excluding hydrogens is 290 g/mol. The number of hydrogen-bond acceptors (Lipinski definition) is 2. The standard InChI is InChI=1S/C10H4Cl4N2/c11-7-5(1-3-15)8(12)10(14)6(2-4-16)9(7)13/h1-2H2. The molecule has 0 aliphatic rings. The van der Waals surface area contributed by atoms with Crippen molar-refractivity contribution in [2.24, 2.45) is 0 Å². The van der Waals surface area contributed by atoms with Gasteiger partial charge in [-0.2, -0.15) is 10.5 Å². The molecule has 0 bridgehead atoms. The molecule has 0 N–H and O–H groups in total. The second-order valence-corrected chi connectivity index (χ2v) is 4.39. The SMILES string of the molecule is N#CCc1c(Cl)c(Cl)c(CC#N)c(Cl)c1Cl. The lowest BCUT2D eigenvalue weighted by Crippen LogP contribution is -1.95. The fourth-order valence-corrected chi connectivity index (χ4v) is 2.39. The summed E-state index contributed by atoms with van der Waals surface area (Å²) in [5.74, 6) is 0. The maximum absolute atomic E-state index is 8.62. The maximum Gasteiger partial charge on any atom is 0.0670 e. The molecule has 16 heavy (non-hydrogen) atoms. The van der Waals surface area contributed by atoms with E-state index in [0.29, 0.717) is 11.1 Å². The van der Waals surface area contributed by atoms with Crippen LogP contribution in [-0.4, -0.2) is 0 Å². The van der Waals surface area contributed by atoms with Gasteiger partial charge in [-0.25, -0.2) is 0 Å². The van der Waals surface area contributed by atoms with Gasteiger partial charge in [-0.05, 0) is 0 Å². The van der Waals surface area contributed by atoms with Gasteiger partial charge in [0.05, 0.1) is 45.1 Å². The van der Waals surface area contributed by atoms with Gasteiger partial charge in [0.2, 0.25) is 0 Å². The molecule has 1 rings (SSSR count). The molecule has 1 aromatic carbocycles. The molecule has 82 valence electrons. The zero-order valence-corrected chi connectivity index (χ0v) is 10.8. The van der Waals surface area contributed by atoms with Gasteiger partial charge in [0, 0.05) is 11.1 Å². The second-order valence-electron chi connectivity index (χ2n) is 2.88. The molecule has 0 amide bonds. The molecule has 0 aliphatic heterocycles. The van der Waals surface area contributed by atoms with Crippen LogP contribution < -0.4 is 0 Å². The van der Waals surface area contributed by atoms with Gasteiger partial charge in [-0.15, -0.1) is 0 Å². The predicted octanol–water partition coefficient (Wildman–Crippen LogP) is 4.43. The molecular formula is C10H4Cl4N2. The third kappa shape index (κ3) is 2.37. The van der Waals surface area contributed by atoms with Crippen molar-refractivity contribution in [3.63, 3.8) is 0 Å². The van der Waals surface area contributed by atoms with Crippen molar-refractivity contribution in [2.45, 2.75) is 12.8 Å². The van der Waals surface area contributed by atoms with E-state index in [4.69, 9.17) is 56.9 Å². The van der Waals surface area contributed by atoms with E-state index in [1.807, 2.05) is 12.1 Å². The van der Waals surface area contributed by atoms with Crippen LogP contribution in [0.5, 0.6) is 0 Å². The van der Waals surface area contributed by atoms with Crippen LogP contribution in [0, 0.1) is 22.7 Å². The normalized spacial score (nSPS) is 9.62. The first-order chi connectivity index (χ1) is 7.54. The molecule has 0 radical (unpaired) electrons. The van der Waals surface area contributed by atoms with E-state index in [0.717, 1.165) is 0 Å². The molecule has 0 aromatic heterocycles. The van der Waals surface area contributed by atoms with Crippen LogP contribution in [0.3, 0.4) is 0 Å². The number of benzene rings is 1. The Kier molecular flexibility index (Phi) is 4.71. The number of nitriles is 2. The van der Waals surface area contributed by atoms with Crippen molar-refractivity contribution in [3.05, 3.63) is 31.2 Å². The van der Waals surface area contributed by atoms with E-state index in [1.54, 1.807) is 0 Å². The Morgan fingerprint density at radius 3 is 1.12 bits per heavy atom. The summed E-state index contributed by atoms with van der Waals surface area (Å²) in [6.45, 7) is 0. The van der Waals surface area contributed by atoms with Crippen molar-refractivity contribution in [3.8, 4) is 12.1 Å². The van der Waals surface area contributed by atoms with Crippen LogP contribution in [0.25, 0.3) is 0 Å². The third-order valence-electron chi connectivity index (χ3n) is 1.96. The largest absolute Gasteiger partial charge is 0.198 e. The Labute approximate surface area is 113 Å². The summed E-state index contributed by atoms with van der Waals surface area (Å²) in [6.07, 6.45) is 0.0356. The molecule has 1 aromatic rings. The topological polar surface area (TPSA) is 47.6 Å². The van der Waals surface area contributed by atoms with Crippen molar-refractivity contribution < 1.29 is 0 Å². The smallest absolute Gasteiger partial charge is 0.0670 e. The van der Waals surface area contributed by atoms with Crippen molar-refractivity contribution >= 4 is 46.4 Å². The van der Waals surface area contributed by atoms with Crippen LogP contribution in [-0.2, 0) is 12.8 Å². The molecule has 0 unspecified atom stereocenters. The van der Waals surface area contributed by atoms with Gasteiger partial charge in [0.1, 0.15) is 0 Å². The minimum Gasteiger partial charge on any atom is -0.198 e. The molecule has 0 aliphatic carbocycles. The van der Waals surface area contributed by atoms with Gasteiger partial charge in [-0.3, -0.25) is 0 Å². The minimum absolute atomic E-state index is 0.0178. The highest BCUT2D eigenvalue weighted by Crippen LogP contribution is 2.41. The third-order valence-corrected chi connectivity index (χ3v) is 3.82. The Morgan fingerprint density at radius 1 is 0.688 bits per heavy atom. The second kappa shape index (κ2) is 5.62. The summed E-state index contributed by atoms with van der Waals surface area (Å²) in [4.78, 5) is 0. The Hall–Kier alpha value is -0.640. The van der Waals surface area contributed by atoms with Crippen LogP contribution in [0.4, 0.5) is 0 Å². The monoisotopic (exact) mass is 292 g/mol. The van der Waals surface area contributed by atoms with E-state index in [2.05, 4.69) is 0 Å². The first kappa shape index (κ1) is 13.4. The Bertz CT molecular complexity index is 435. The average molecular weight is 294 g/mol. The average Bonchev–Trinajstić information content (AvgIpc) is 2.28. The molecule has 0 spiro atoms. The summed E-state index contributed by atoms with van der Waals surface area (Å²) in [5.41, 5.74) is 0.782. The van der Waals surface area contributed by atoms with E-state index in [9.17, 15) is 0 Å². The van der Waals surface area contributed by atoms with E-state index in [-0.39, 0.29) is 32.9 Å². The van der Waals surface area contributed by atoms with E-state index >= 15 is 0 Å². The van der Waals surface area contributed by atoms with Crippen molar-refractivity contribution in [1.82, 2.24) is 0 Å². The minimum atomic E-state index is 0.0178. The lowest BCUT2D eigenvalue weighted by atomic mass is 10.1. The van der Waals surface area contributed by atoms with Gasteiger partial charge >= 0.3 is 0 Å². The lowest BCUT2D eigenvalue weighted by Gasteiger charge is -2.11. The zero-order valence-electron chi connectivity index (χ0n) is 7.82. The summed E-state index contributed by atoms with van der Waals surface area (Å²) >= 11 is 23.8. The molecule has 0 heterocycles. The zero-order chi connectivity index (χ0) is 12.3. The number of rotatable bonds is 2. The first-order valence-corrected chi connectivity index (χ1v) is 5.63. The maximum atomic E-state index is 8.62. The summed E-state index contributed by atoms with van der Waals surface area (Å²) < 4.78 is 0. The number of halogens is 4. The fourth-order valence-electron chi connectivity index (χ4n) is 1.19. The molecule has 2 nitrogen and oxygen atoms in total. The summed E-state index contributed by atoms with van der Waals surface area (Å²) in [7, 11) is 0. The van der Waals surface area contributed by atoms with Gasteiger partial charge in [-0.1, -0.05) is 46.4 Å². The van der Waals surface area contributed by atoms with Gasteiger partial charge in [0.15, 0.2) is 0 Å². The van der Waals surface area contributed by atoms with E-state index < -0.39 is 0 Å². The van der Waals surface area contributed by atoms with Crippen LogP contribution in [0.2, 0.25) is 20.1 Å². The molecule has 0 saturated heterocycles. The van der Waals surface area contributed by atoms with Gasteiger partial charge in [0.25, 0.3) is 0 Å². The summed E-state index contributed by atoms with van der Waals surface area (Å²) in [6, 6.07) is 3.84. The van der Waals surface area contributed by atoms with E-state index in [1.165, 1.54) is 0 Å². The van der Waals surface area contributed by atoms with Crippen LogP contribution in [0.15, 0.2) is 0 Å². The number of hydrogen-bond donors (Lipinski definition) is 0. The van der Waals surface area contributed by atoms with Crippen molar-refractivity contribution in [1.29, 1.82) is 10.5 Å². The highest BCUT2D eigenvalue weighted by molar-refractivity contribution is 6.48. The Balaban J connectivity index is 3.52. The van der Waals surface area contributed by atoms with Crippen LogP contribution >= 0.6 is 46.4 Å². The number of nitrogens with zero attached hydrogens (tertiary/aromatic N) is 2. The highest BCUT2D eigenvalue weighted by Gasteiger charge is 2.19. The van der Waals surface area contributed by atoms with Gasteiger partial charge < -0.3 is 0 Å².